The Morgan fingerprint density at radius 2 is 1.78 bits per heavy atom. The fourth-order valence-corrected chi connectivity index (χ4v) is 5.59. The summed E-state index contributed by atoms with van der Waals surface area (Å²) in [6, 6.07) is 9.56. The molecule has 3 amide bonds. The minimum Gasteiger partial charge on any atom is -0.480 e. The van der Waals surface area contributed by atoms with Crippen LogP contribution in [0, 0.1) is 0 Å². The Labute approximate surface area is 283 Å². The Morgan fingerprint density at radius 1 is 1.02 bits per heavy atom. The normalized spacial score (nSPS) is 16.0. The highest BCUT2D eigenvalue weighted by atomic mass is 16.6. The molecule has 0 bridgehead atoms. The van der Waals surface area contributed by atoms with Gasteiger partial charge in [0.15, 0.2) is 5.82 Å². The summed E-state index contributed by atoms with van der Waals surface area (Å²) in [4.78, 5) is 66.4. The summed E-state index contributed by atoms with van der Waals surface area (Å²) >= 11 is 0. The molecule has 3 atom stereocenters. The van der Waals surface area contributed by atoms with E-state index in [1.165, 1.54) is 16.7 Å². The fourth-order valence-electron chi connectivity index (χ4n) is 5.59. The van der Waals surface area contributed by atoms with Gasteiger partial charge in [0.2, 0.25) is 11.8 Å². The van der Waals surface area contributed by atoms with Crippen molar-refractivity contribution < 1.29 is 43.3 Å². The molecule has 3 aromatic rings. The predicted octanol–water partition coefficient (Wildman–Crippen LogP) is 2.34. The number of esters is 1. The molecule has 1 aromatic heterocycles. The van der Waals surface area contributed by atoms with Crippen molar-refractivity contribution in [1.29, 1.82) is 0 Å². The molecule has 0 unspecified atom stereocenters. The zero-order valence-corrected chi connectivity index (χ0v) is 28.1. The number of aliphatic carboxylic acids is 1. The number of amides is 3. The van der Waals surface area contributed by atoms with Crippen LogP contribution in [0.15, 0.2) is 42.5 Å². The number of aryl methyl sites for hydroxylation is 1. The molecule has 1 aliphatic rings. The smallest absolute Gasteiger partial charge is 0.408 e. The molecule has 2 aromatic carbocycles. The number of methoxy groups -OCH3 is 1. The van der Waals surface area contributed by atoms with E-state index in [1.54, 1.807) is 20.8 Å². The Bertz CT molecular complexity index is 1630. The lowest BCUT2D eigenvalue weighted by molar-refractivity contribution is -0.159. The van der Waals surface area contributed by atoms with E-state index in [0.717, 1.165) is 16.3 Å². The van der Waals surface area contributed by atoms with Crippen molar-refractivity contribution in [3.8, 4) is 0 Å². The summed E-state index contributed by atoms with van der Waals surface area (Å²) in [5.74, 6) is -3.10. The monoisotopic (exact) mass is 681 g/mol. The summed E-state index contributed by atoms with van der Waals surface area (Å²) in [6.45, 7) is 5.14. The molecule has 0 saturated carbocycles. The first kappa shape index (κ1) is 36.7. The molecule has 1 aliphatic heterocycles. The fraction of sp³-hybridized carbons (Fsp3) is 0.515. The number of piperidine rings is 1. The minimum absolute atomic E-state index is 0.0491. The summed E-state index contributed by atoms with van der Waals surface area (Å²) in [5.41, 5.74) is -0.0660. The van der Waals surface area contributed by atoms with Gasteiger partial charge in [-0.05, 0) is 73.2 Å². The average Bonchev–Trinajstić information content (AvgIpc) is 3.51. The third-order valence-corrected chi connectivity index (χ3v) is 7.84. The Kier molecular flexibility index (Phi) is 12.6. The van der Waals surface area contributed by atoms with Crippen LogP contribution in [0.1, 0.15) is 64.3 Å². The van der Waals surface area contributed by atoms with Crippen LogP contribution in [0.3, 0.4) is 0 Å². The Morgan fingerprint density at radius 3 is 2.51 bits per heavy atom. The lowest BCUT2D eigenvalue weighted by atomic mass is 9.98. The number of carbonyl (C=O) groups excluding carboxylic acids is 4. The van der Waals surface area contributed by atoms with Gasteiger partial charge in [-0.25, -0.2) is 14.3 Å². The van der Waals surface area contributed by atoms with Crippen molar-refractivity contribution in [2.75, 3.05) is 13.7 Å². The summed E-state index contributed by atoms with van der Waals surface area (Å²) in [5, 5.41) is 28.3. The number of carboxylic acid groups (broad SMARTS) is 1. The molecule has 49 heavy (non-hydrogen) atoms. The standard InChI is InChI=1S/C33H43N7O9/c1-33(2,3)49-28(41)18-25(31(44)45)34-29(42)26-14-7-8-17-39(26)30(43)24(15-16-27-36-37-38-40(27)20-47-4)35-32(46)48-19-22-12-9-11-21-10-5-6-13-23(21)22/h5-6,9-13,24-26H,7-8,14-20H2,1-4H3,(H,34,42)(H,35,46)(H,44,45)/t24-,25-,26-/m0/s1. The van der Waals surface area contributed by atoms with E-state index in [4.69, 9.17) is 14.2 Å². The SMILES string of the molecule is COCn1nnnc1CC[C@H](NC(=O)OCc1cccc2ccccc12)C(=O)N1CCCC[C@H]1C(=O)N[C@@H](CC(=O)OC(C)(C)C)C(=O)O. The molecular formula is C33H43N7O9. The molecule has 264 valence electrons. The number of carboxylic acids is 1. The van der Waals surface area contributed by atoms with Gasteiger partial charge < -0.3 is 34.9 Å². The molecule has 16 nitrogen and oxygen atoms in total. The maximum atomic E-state index is 14.1. The van der Waals surface area contributed by atoms with Crippen LogP contribution in [0.2, 0.25) is 0 Å². The number of hydrogen-bond acceptors (Lipinski definition) is 11. The van der Waals surface area contributed by atoms with Crippen LogP contribution in [-0.4, -0.2) is 97.4 Å². The molecule has 1 saturated heterocycles. The van der Waals surface area contributed by atoms with Crippen LogP contribution in [0.25, 0.3) is 10.8 Å². The highest BCUT2D eigenvalue weighted by Crippen LogP contribution is 2.22. The van der Waals surface area contributed by atoms with Crippen molar-refractivity contribution in [3.05, 3.63) is 53.9 Å². The van der Waals surface area contributed by atoms with Gasteiger partial charge in [0.25, 0.3) is 0 Å². The molecule has 0 radical (unpaired) electrons. The van der Waals surface area contributed by atoms with E-state index < -0.39 is 60.0 Å². The first-order valence-electron chi connectivity index (χ1n) is 16.1. The van der Waals surface area contributed by atoms with Crippen molar-refractivity contribution in [1.82, 2.24) is 35.7 Å². The van der Waals surface area contributed by atoms with Crippen molar-refractivity contribution >= 4 is 40.6 Å². The number of aromatic nitrogens is 4. The molecule has 0 spiro atoms. The number of hydrogen-bond donors (Lipinski definition) is 3. The number of tetrazole rings is 1. The third-order valence-electron chi connectivity index (χ3n) is 7.84. The van der Waals surface area contributed by atoms with E-state index in [1.807, 2.05) is 42.5 Å². The first-order chi connectivity index (χ1) is 23.4. The molecule has 0 aliphatic carbocycles. The van der Waals surface area contributed by atoms with Gasteiger partial charge in [0.05, 0.1) is 6.42 Å². The molecular weight excluding hydrogens is 638 g/mol. The number of ether oxygens (including phenoxy) is 3. The van der Waals surface area contributed by atoms with E-state index in [-0.39, 0.29) is 39.1 Å². The van der Waals surface area contributed by atoms with Crippen molar-refractivity contribution in [2.45, 2.75) is 96.4 Å². The van der Waals surface area contributed by atoms with E-state index >= 15 is 0 Å². The maximum Gasteiger partial charge on any atom is 0.408 e. The van der Waals surface area contributed by atoms with Crippen LogP contribution >= 0.6 is 0 Å². The summed E-state index contributed by atoms with van der Waals surface area (Å²) < 4.78 is 17.3. The van der Waals surface area contributed by atoms with E-state index in [0.29, 0.717) is 18.7 Å². The summed E-state index contributed by atoms with van der Waals surface area (Å²) in [6.07, 6.45) is 0.209. The number of rotatable bonds is 14. The number of nitrogens with zero attached hydrogens (tertiary/aromatic N) is 5. The maximum absolute atomic E-state index is 14.1. The Hall–Kier alpha value is -5.12. The van der Waals surface area contributed by atoms with Gasteiger partial charge in [-0.3, -0.25) is 14.4 Å². The Balaban J connectivity index is 1.50. The molecule has 2 heterocycles. The zero-order chi connectivity index (χ0) is 35.6. The lowest BCUT2D eigenvalue weighted by Gasteiger charge is -2.37. The van der Waals surface area contributed by atoms with Crippen LogP contribution in [0.5, 0.6) is 0 Å². The lowest BCUT2D eigenvalue weighted by Crippen LogP contribution is -2.59. The van der Waals surface area contributed by atoms with Gasteiger partial charge in [-0.1, -0.05) is 42.5 Å². The van der Waals surface area contributed by atoms with Crippen LogP contribution in [-0.2, 0) is 53.1 Å². The van der Waals surface area contributed by atoms with Gasteiger partial charge >= 0.3 is 18.0 Å². The largest absolute Gasteiger partial charge is 0.480 e. The molecule has 4 rings (SSSR count). The number of carbonyl (C=O) groups is 5. The second-order valence-electron chi connectivity index (χ2n) is 12.7. The van der Waals surface area contributed by atoms with Crippen LogP contribution in [0.4, 0.5) is 4.79 Å². The quantitative estimate of drug-likeness (QED) is 0.210. The number of alkyl carbamates (subject to hydrolysis) is 1. The van der Waals surface area contributed by atoms with Gasteiger partial charge in [0.1, 0.15) is 37.1 Å². The zero-order valence-electron chi connectivity index (χ0n) is 28.1. The van der Waals surface area contributed by atoms with E-state index in [2.05, 4.69) is 26.2 Å². The molecule has 1 fully saturated rings. The molecule has 3 N–H and O–H groups in total. The number of benzene rings is 2. The van der Waals surface area contributed by atoms with Gasteiger partial charge in [0, 0.05) is 20.1 Å². The number of fused-ring (bicyclic) bond motifs is 1. The van der Waals surface area contributed by atoms with Gasteiger partial charge in [-0.15, -0.1) is 5.10 Å². The third kappa shape index (κ3) is 10.4. The number of likely N-dealkylation sites (tertiary alicyclic amines) is 1. The topological polar surface area (TPSA) is 204 Å². The highest BCUT2D eigenvalue weighted by molar-refractivity contribution is 5.94. The second kappa shape index (κ2) is 16.8. The summed E-state index contributed by atoms with van der Waals surface area (Å²) in [7, 11) is 1.48. The average molecular weight is 682 g/mol. The first-order valence-corrected chi connectivity index (χ1v) is 16.1. The molecule has 16 heteroatoms. The number of nitrogens with one attached hydrogen (secondary N) is 2. The van der Waals surface area contributed by atoms with Gasteiger partial charge in [-0.2, -0.15) is 0 Å². The van der Waals surface area contributed by atoms with Crippen molar-refractivity contribution in [3.63, 3.8) is 0 Å². The van der Waals surface area contributed by atoms with Crippen LogP contribution < -0.4 is 10.6 Å². The highest BCUT2D eigenvalue weighted by Gasteiger charge is 2.38. The van der Waals surface area contributed by atoms with Crippen molar-refractivity contribution in [2.24, 2.45) is 0 Å². The predicted molar refractivity (Wildman–Crippen MR) is 174 cm³/mol. The van der Waals surface area contributed by atoms with E-state index in [9.17, 15) is 29.1 Å². The minimum atomic E-state index is -1.57. The second-order valence-corrected chi connectivity index (χ2v) is 12.7.